The van der Waals surface area contributed by atoms with Crippen molar-refractivity contribution in [1.29, 1.82) is 0 Å². The summed E-state index contributed by atoms with van der Waals surface area (Å²) in [6.45, 7) is 6.46. The van der Waals surface area contributed by atoms with E-state index >= 15 is 0 Å². The quantitative estimate of drug-likeness (QED) is 0.776. The Hall–Kier alpha value is -1.45. The highest BCUT2D eigenvalue weighted by molar-refractivity contribution is 7.91. The Morgan fingerprint density at radius 3 is 2.40 bits per heavy atom. The van der Waals surface area contributed by atoms with E-state index in [-0.39, 0.29) is 15.0 Å². The minimum atomic E-state index is -3.60. The lowest BCUT2D eigenvalue weighted by Gasteiger charge is -2.28. The van der Waals surface area contributed by atoms with Crippen molar-refractivity contribution in [3.8, 4) is 0 Å². The molecule has 0 saturated carbocycles. The van der Waals surface area contributed by atoms with Crippen molar-refractivity contribution in [1.82, 2.24) is 9.62 Å². The van der Waals surface area contributed by atoms with Gasteiger partial charge in [-0.2, -0.15) is 4.31 Å². The number of carboxylic acids is 1. The Balaban J connectivity index is 2.13. The number of piperidine rings is 1. The number of carbonyl (C=O) groups is 2. The van der Waals surface area contributed by atoms with Crippen LogP contribution in [0.4, 0.5) is 0 Å². The number of sulfonamides is 1. The van der Waals surface area contributed by atoms with E-state index in [1.54, 1.807) is 13.8 Å². The molecule has 1 fully saturated rings. The van der Waals surface area contributed by atoms with Crippen LogP contribution in [0, 0.1) is 11.8 Å². The normalized spacial score (nSPS) is 18.2. The van der Waals surface area contributed by atoms with Gasteiger partial charge in [-0.25, -0.2) is 13.2 Å². The molecule has 0 radical (unpaired) electrons. The number of hydrogen-bond donors (Lipinski definition) is 2. The first-order valence-corrected chi connectivity index (χ1v) is 10.5. The first kappa shape index (κ1) is 19.9. The van der Waals surface area contributed by atoms with E-state index in [0.717, 1.165) is 24.2 Å². The summed E-state index contributed by atoms with van der Waals surface area (Å²) >= 11 is 0.873. The molecule has 9 heteroatoms. The monoisotopic (exact) mass is 388 g/mol. The van der Waals surface area contributed by atoms with Crippen molar-refractivity contribution in [3.63, 3.8) is 0 Å². The largest absolute Gasteiger partial charge is 0.480 e. The fourth-order valence-electron chi connectivity index (χ4n) is 2.66. The molecule has 0 unspecified atom stereocenters. The number of carbonyl (C=O) groups excluding carboxylic acids is 1. The predicted octanol–water partition coefficient (Wildman–Crippen LogP) is 2.01. The van der Waals surface area contributed by atoms with Gasteiger partial charge in [-0.05, 0) is 36.8 Å². The zero-order valence-corrected chi connectivity index (χ0v) is 16.2. The highest BCUT2D eigenvalue weighted by atomic mass is 32.2. The zero-order chi connectivity index (χ0) is 18.8. The number of amides is 1. The van der Waals surface area contributed by atoms with Crippen molar-refractivity contribution in [2.24, 2.45) is 11.8 Å². The average Bonchev–Trinajstić information content (AvgIpc) is 3.03. The van der Waals surface area contributed by atoms with Crippen molar-refractivity contribution in [2.75, 3.05) is 13.1 Å². The van der Waals surface area contributed by atoms with Gasteiger partial charge in [0.2, 0.25) is 0 Å². The second-order valence-electron chi connectivity index (χ2n) is 6.74. The Morgan fingerprint density at radius 1 is 1.28 bits per heavy atom. The van der Waals surface area contributed by atoms with Gasteiger partial charge in [0.15, 0.2) is 0 Å². The van der Waals surface area contributed by atoms with Crippen LogP contribution >= 0.6 is 11.3 Å². The molecule has 1 amide bonds. The molecule has 1 aliphatic heterocycles. The molecule has 1 aliphatic rings. The smallest absolute Gasteiger partial charge is 0.326 e. The van der Waals surface area contributed by atoms with E-state index in [2.05, 4.69) is 12.2 Å². The molecule has 7 nitrogen and oxygen atoms in total. The van der Waals surface area contributed by atoms with Crippen LogP contribution in [0.3, 0.4) is 0 Å². The third-order valence-corrected chi connectivity index (χ3v) is 7.81. The summed E-state index contributed by atoms with van der Waals surface area (Å²) in [5, 5.41) is 11.6. The van der Waals surface area contributed by atoms with Crippen LogP contribution in [0.5, 0.6) is 0 Å². The molecule has 1 atom stereocenters. The summed E-state index contributed by atoms with van der Waals surface area (Å²) in [6.07, 6.45) is 1.65. The van der Waals surface area contributed by atoms with E-state index < -0.39 is 27.9 Å². The predicted molar refractivity (Wildman–Crippen MR) is 95.2 cm³/mol. The van der Waals surface area contributed by atoms with Gasteiger partial charge in [0.25, 0.3) is 15.9 Å². The summed E-state index contributed by atoms with van der Waals surface area (Å²) in [7, 11) is -3.60. The van der Waals surface area contributed by atoms with E-state index in [0.29, 0.717) is 19.0 Å². The maximum absolute atomic E-state index is 12.7. The first-order valence-electron chi connectivity index (χ1n) is 8.26. The number of nitrogens with one attached hydrogen (secondary N) is 1. The second kappa shape index (κ2) is 7.84. The minimum Gasteiger partial charge on any atom is -0.480 e. The molecule has 0 bridgehead atoms. The molecule has 2 rings (SSSR count). The Kier molecular flexibility index (Phi) is 6.23. The second-order valence-corrected chi connectivity index (χ2v) is 9.99. The summed E-state index contributed by atoms with van der Waals surface area (Å²) in [5.74, 6) is -1.45. The number of nitrogens with zero attached hydrogens (tertiary/aromatic N) is 1. The standard InChI is InChI=1S/C16H24N2O5S2/c1-10(2)14(16(20)21)17-15(19)12-4-5-13(24-12)25(22,23)18-8-6-11(3)7-9-18/h4-5,10-11,14H,6-9H2,1-3H3,(H,17,19)(H,20,21)/t14-/m1/s1. The number of aliphatic carboxylic acids is 1. The Labute approximate surface area is 152 Å². The fourth-order valence-corrected chi connectivity index (χ4v) is 5.49. The third kappa shape index (κ3) is 4.59. The maximum Gasteiger partial charge on any atom is 0.326 e. The van der Waals surface area contributed by atoms with Gasteiger partial charge in [-0.1, -0.05) is 20.8 Å². The number of carboxylic acid groups (broad SMARTS) is 1. The number of thiophene rings is 1. The summed E-state index contributed by atoms with van der Waals surface area (Å²) < 4.78 is 26.9. The highest BCUT2D eigenvalue weighted by Crippen LogP contribution is 2.28. The average molecular weight is 389 g/mol. The molecule has 0 aromatic carbocycles. The third-order valence-electron chi connectivity index (χ3n) is 4.36. The molecule has 140 valence electrons. The fraction of sp³-hybridized carbons (Fsp3) is 0.625. The lowest BCUT2D eigenvalue weighted by molar-refractivity contribution is -0.140. The van der Waals surface area contributed by atoms with Crippen LogP contribution in [0.15, 0.2) is 16.3 Å². The van der Waals surface area contributed by atoms with E-state index in [1.165, 1.54) is 16.4 Å². The molecule has 1 aromatic heterocycles. The van der Waals surface area contributed by atoms with Crippen LogP contribution in [0.1, 0.15) is 43.3 Å². The zero-order valence-electron chi connectivity index (χ0n) is 14.6. The van der Waals surface area contributed by atoms with Crippen molar-refractivity contribution in [3.05, 3.63) is 17.0 Å². The molecule has 0 spiro atoms. The summed E-state index contributed by atoms with van der Waals surface area (Å²) in [6, 6.07) is 1.83. The van der Waals surface area contributed by atoms with Gasteiger partial charge in [-0.15, -0.1) is 11.3 Å². The molecule has 2 N–H and O–H groups in total. The van der Waals surface area contributed by atoms with Gasteiger partial charge < -0.3 is 10.4 Å². The topological polar surface area (TPSA) is 104 Å². The SMILES string of the molecule is CC1CCN(S(=O)(=O)c2ccc(C(=O)N[C@@H](C(=O)O)C(C)C)s2)CC1. The summed E-state index contributed by atoms with van der Waals surface area (Å²) in [5.41, 5.74) is 0. The molecule has 25 heavy (non-hydrogen) atoms. The molecular formula is C16H24N2O5S2. The van der Waals surface area contributed by atoms with E-state index in [9.17, 15) is 18.0 Å². The summed E-state index contributed by atoms with van der Waals surface area (Å²) in [4.78, 5) is 23.6. The van der Waals surface area contributed by atoms with E-state index in [4.69, 9.17) is 5.11 Å². The molecular weight excluding hydrogens is 364 g/mol. The number of hydrogen-bond acceptors (Lipinski definition) is 5. The van der Waals surface area contributed by atoms with Crippen LogP contribution in [0.2, 0.25) is 0 Å². The van der Waals surface area contributed by atoms with Crippen LogP contribution < -0.4 is 5.32 Å². The maximum atomic E-state index is 12.7. The van der Waals surface area contributed by atoms with Crippen LogP contribution in [-0.2, 0) is 14.8 Å². The molecule has 0 aliphatic carbocycles. The Morgan fingerprint density at radius 2 is 1.88 bits per heavy atom. The van der Waals surface area contributed by atoms with Crippen molar-refractivity contribution in [2.45, 2.75) is 43.9 Å². The van der Waals surface area contributed by atoms with Crippen molar-refractivity contribution < 1.29 is 23.1 Å². The Bertz CT molecular complexity index is 733. The van der Waals surface area contributed by atoms with Gasteiger partial charge in [0, 0.05) is 13.1 Å². The molecule has 1 aromatic rings. The van der Waals surface area contributed by atoms with Gasteiger partial charge in [0.05, 0.1) is 4.88 Å². The first-order chi connectivity index (χ1) is 11.6. The molecule has 2 heterocycles. The minimum absolute atomic E-state index is 0.114. The lowest BCUT2D eigenvalue weighted by atomic mass is 10.0. The van der Waals surface area contributed by atoms with Gasteiger partial charge in [0.1, 0.15) is 10.3 Å². The number of rotatable bonds is 6. The van der Waals surface area contributed by atoms with Gasteiger partial charge >= 0.3 is 5.97 Å². The van der Waals surface area contributed by atoms with E-state index in [1.807, 2.05) is 0 Å². The highest BCUT2D eigenvalue weighted by Gasteiger charge is 2.30. The van der Waals surface area contributed by atoms with Crippen LogP contribution in [-0.4, -0.2) is 48.8 Å². The van der Waals surface area contributed by atoms with Gasteiger partial charge in [-0.3, -0.25) is 4.79 Å². The van der Waals surface area contributed by atoms with Crippen LogP contribution in [0.25, 0.3) is 0 Å². The lowest BCUT2D eigenvalue weighted by Crippen LogP contribution is -2.44. The van der Waals surface area contributed by atoms with Crippen molar-refractivity contribution >= 4 is 33.2 Å². The molecule has 1 saturated heterocycles.